The number of fused-ring (bicyclic) bond motifs is 1. The Balaban J connectivity index is 2.22. The molecule has 8 heteroatoms. The van der Waals surface area contributed by atoms with Crippen molar-refractivity contribution in [3.05, 3.63) is 23.2 Å². The molecule has 0 unspecified atom stereocenters. The van der Waals surface area contributed by atoms with Gasteiger partial charge in [-0.15, -0.1) is 0 Å². The van der Waals surface area contributed by atoms with E-state index >= 15 is 0 Å². The Morgan fingerprint density at radius 2 is 2.22 bits per heavy atom. The molecular formula is C10H12ClN3O2S2. The van der Waals surface area contributed by atoms with Crippen LogP contribution in [0.5, 0.6) is 0 Å². The van der Waals surface area contributed by atoms with E-state index in [4.69, 9.17) is 11.6 Å². The summed E-state index contributed by atoms with van der Waals surface area (Å²) in [7, 11) is -1.65. The van der Waals surface area contributed by atoms with Gasteiger partial charge in [-0.25, -0.2) is 13.4 Å². The fourth-order valence-electron chi connectivity index (χ4n) is 1.36. The summed E-state index contributed by atoms with van der Waals surface area (Å²) in [5.74, 6) is 0.0141. The lowest BCUT2D eigenvalue weighted by molar-refractivity contribution is 0.598. The average molecular weight is 306 g/mol. The zero-order valence-electron chi connectivity index (χ0n) is 9.60. The number of nitrogens with one attached hydrogen (secondary N) is 2. The first kappa shape index (κ1) is 13.5. The molecule has 2 aromatic rings. The number of halogens is 1. The highest BCUT2D eigenvalue weighted by atomic mass is 35.5. The Labute approximate surface area is 114 Å². The highest BCUT2D eigenvalue weighted by Gasteiger charge is 2.13. The number of hydrogen-bond donors (Lipinski definition) is 2. The molecule has 1 aromatic heterocycles. The van der Waals surface area contributed by atoms with Crippen LogP contribution in [-0.4, -0.2) is 32.7 Å². The van der Waals surface area contributed by atoms with E-state index in [1.54, 1.807) is 25.2 Å². The molecular weight excluding hydrogens is 294 g/mol. The van der Waals surface area contributed by atoms with Crippen LogP contribution in [0.3, 0.4) is 0 Å². The molecule has 2 N–H and O–H groups in total. The molecule has 0 spiro atoms. The second-order valence-corrected chi connectivity index (χ2v) is 6.96. The Hall–Kier alpha value is -0.890. The van der Waals surface area contributed by atoms with Crippen LogP contribution in [0, 0.1) is 0 Å². The highest BCUT2D eigenvalue weighted by Crippen LogP contribution is 2.28. The van der Waals surface area contributed by atoms with E-state index < -0.39 is 10.0 Å². The summed E-state index contributed by atoms with van der Waals surface area (Å²) in [6, 6.07) is 5.25. The molecule has 0 aliphatic rings. The van der Waals surface area contributed by atoms with Gasteiger partial charge in [0.25, 0.3) is 0 Å². The minimum atomic E-state index is -3.35. The molecule has 98 valence electrons. The molecule has 0 amide bonds. The van der Waals surface area contributed by atoms with Gasteiger partial charge in [0.15, 0.2) is 5.13 Å². The number of anilines is 1. The van der Waals surface area contributed by atoms with E-state index in [0.717, 1.165) is 10.2 Å². The lowest BCUT2D eigenvalue weighted by Gasteiger charge is -2.03. The van der Waals surface area contributed by atoms with E-state index in [9.17, 15) is 8.42 Å². The Morgan fingerprint density at radius 1 is 1.44 bits per heavy atom. The second kappa shape index (κ2) is 5.40. The summed E-state index contributed by atoms with van der Waals surface area (Å²) in [6.45, 7) is 0.395. The summed E-state index contributed by atoms with van der Waals surface area (Å²) in [5.41, 5.74) is 0.732. The van der Waals surface area contributed by atoms with Crippen molar-refractivity contribution in [2.24, 2.45) is 0 Å². The normalized spacial score (nSPS) is 11.9. The lowest BCUT2D eigenvalue weighted by atomic mass is 10.3. The molecule has 2 rings (SSSR count). The first-order chi connectivity index (χ1) is 8.50. The second-order valence-electron chi connectivity index (χ2n) is 3.66. The van der Waals surface area contributed by atoms with Crippen LogP contribution in [0.25, 0.3) is 10.2 Å². The maximum Gasteiger partial charge on any atom is 0.235 e. The quantitative estimate of drug-likeness (QED) is 0.885. The fourth-order valence-corrected chi connectivity index (χ4v) is 3.79. The molecule has 0 aliphatic heterocycles. The SMILES string of the molecule is CNCCS(=O)(=O)Nc1nc2ccc(Cl)cc2s1. The molecule has 0 saturated heterocycles. The smallest absolute Gasteiger partial charge is 0.235 e. The molecule has 0 radical (unpaired) electrons. The lowest BCUT2D eigenvalue weighted by Crippen LogP contribution is -2.24. The van der Waals surface area contributed by atoms with Crippen LogP contribution in [0.2, 0.25) is 5.02 Å². The van der Waals surface area contributed by atoms with Crippen LogP contribution in [0.4, 0.5) is 5.13 Å². The minimum Gasteiger partial charge on any atom is -0.319 e. The van der Waals surface area contributed by atoms with Gasteiger partial charge in [0.05, 0.1) is 16.0 Å². The predicted octanol–water partition coefficient (Wildman–Crippen LogP) is 1.91. The minimum absolute atomic E-state index is 0.0141. The Bertz CT molecular complexity index is 654. The predicted molar refractivity (Wildman–Crippen MR) is 76.0 cm³/mol. The van der Waals surface area contributed by atoms with E-state index in [-0.39, 0.29) is 5.75 Å². The topological polar surface area (TPSA) is 71.1 Å². The van der Waals surface area contributed by atoms with Gasteiger partial charge >= 0.3 is 0 Å². The number of aromatic nitrogens is 1. The number of sulfonamides is 1. The van der Waals surface area contributed by atoms with Crippen molar-refractivity contribution in [3.63, 3.8) is 0 Å². The van der Waals surface area contributed by atoms with Gasteiger partial charge in [-0.2, -0.15) is 0 Å². The fraction of sp³-hybridized carbons (Fsp3) is 0.300. The summed E-state index contributed by atoms with van der Waals surface area (Å²) < 4.78 is 26.7. The summed E-state index contributed by atoms with van der Waals surface area (Å²) >= 11 is 7.13. The Kier molecular flexibility index (Phi) is 4.06. The average Bonchev–Trinajstić information content (AvgIpc) is 2.66. The third kappa shape index (κ3) is 3.32. The maximum atomic E-state index is 11.7. The molecule has 0 bridgehead atoms. The van der Waals surface area contributed by atoms with Crippen molar-refractivity contribution in [1.29, 1.82) is 0 Å². The molecule has 1 aromatic carbocycles. The van der Waals surface area contributed by atoms with Gasteiger partial charge in [0.1, 0.15) is 0 Å². The number of hydrogen-bond acceptors (Lipinski definition) is 5. The molecule has 0 aliphatic carbocycles. The first-order valence-corrected chi connectivity index (χ1v) is 8.06. The standard InChI is InChI=1S/C10H12ClN3O2S2/c1-12-4-5-18(15,16)14-10-13-8-3-2-7(11)6-9(8)17-10/h2-3,6,12H,4-5H2,1H3,(H,13,14). The largest absolute Gasteiger partial charge is 0.319 e. The summed E-state index contributed by atoms with van der Waals surface area (Å²) in [4.78, 5) is 4.20. The molecule has 0 saturated carbocycles. The van der Waals surface area contributed by atoms with Crippen molar-refractivity contribution in [2.75, 3.05) is 24.1 Å². The number of rotatable bonds is 5. The number of thiazole rings is 1. The molecule has 1 heterocycles. The summed E-state index contributed by atoms with van der Waals surface area (Å²) in [6.07, 6.45) is 0. The van der Waals surface area contributed by atoms with Gasteiger partial charge in [-0.3, -0.25) is 4.72 Å². The monoisotopic (exact) mass is 305 g/mol. The van der Waals surface area contributed by atoms with E-state index in [2.05, 4.69) is 15.0 Å². The Morgan fingerprint density at radius 3 is 2.94 bits per heavy atom. The third-order valence-corrected chi connectivity index (χ3v) is 4.76. The number of nitrogens with zero attached hydrogens (tertiary/aromatic N) is 1. The first-order valence-electron chi connectivity index (χ1n) is 5.21. The maximum absolute atomic E-state index is 11.7. The zero-order chi connectivity index (χ0) is 13.2. The van der Waals surface area contributed by atoms with Crippen LogP contribution in [0.1, 0.15) is 0 Å². The van der Waals surface area contributed by atoms with Crippen LogP contribution in [0.15, 0.2) is 18.2 Å². The van der Waals surface area contributed by atoms with Gasteiger partial charge < -0.3 is 5.32 Å². The van der Waals surface area contributed by atoms with Crippen molar-refractivity contribution in [3.8, 4) is 0 Å². The van der Waals surface area contributed by atoms with Crippen molar-refractivity contribution >= 4 is 48.3 Å². The number of benzene rings is 1. The zero-order valence-corrected chi connectivity index (χ0v) is 12.0. The highest BCUT2D eigenvalue weighted by molar-refractivity contribution is 7.92. The van der Waals surface area contributed by atoms with Crippen molar-refractivity contribution in [2.45, 2.75) is 0 Å². The molecule has 0 fully saturated rings. The summed E-state index contributed by atoms with van der Waals surface area (Å²) in [5, 5.41) is 3.76. The van der Waals surface area contributed by atoms with E-state index in [1.807, 2.05) is 0 Å². The van der Waals surface area contributed by atoms with Crippen molar-refractivity contribution < 1.29 is 8.42 Å². The van der Waals surface area contributed by atoms with Gasteiger partial charge in [-0.1, -0.05) is 22.9 Å². The van der Waals surface area contributed by atoms with Crippen LogP contribution < -0.4 is 10.0 Å². The van der Waals surface area contributed by atoms with E-state index in [1.165, 1.54) is 11.3 Å². The molecule has 18 heavy (non-hydrogen) atoms. The van der Waals surface area contributed by atoms with Gasteiger partial charge in [0.2, 0.25) is 10.0 Å². The van der Waals surface area contributed by atoms with Gasteiger partial charge in [-0.05, 0) is 25.2 Å². The van der Waals surface area contributed by atoms with Gasteiger partial charge in [0, 0.05) is 11.6 Å². The van der Waals surface area contributed by atoms with Crippen molar-refractivity contribution in [1.82, 2.24) is 10.3 Å². The molecule has 5 nitrogen and oxygen atoms in total. The molecule has 0 atom stereocenters. The third-order valence-electron chi connectivity index (χ3n) is 2.21. The van der Waals surface area contributed by atoms with Crippen LogP contribution >= 0.6 is 22.9 Å². The van der Waals surface area contributed by atoms with E-state index in [0.29, 0.717) is 16.7 Å². The van der Waals surface area contributed by atoms with Crippen LogP contribution in [-0.2, 0) is 10.0 Å².